The second-order valence-electron chi connectivity index (χ2n) is 4.32. The number of benzene rings is 1. The Morgan fingerprint density at radius 2 is 1.73 bits per heavy atom. The van der Waals surface area contributed by atoms with Crippen LogP contribution in [0.4, 0.5) is 0 Å². The average Bonchev–Trinajstić information content (AvgIpc) is 2.46. The van der Waals surface area contributed by atoms with Gasteiger partial charge in [0.25, 0.3) is 0 Å². The minimum atomic E-state index is 1.05. The van der Waals surface area contributed by atoms with Crippen molar-refractivity contribution < 1.29 is 0 Å². The van der Waals surface area contributed by atoms with E-state index in [4.69, 9.17) is 0 Å². The third-order valence-corrected chi connectivity index (χ3v) is 3.09. The van der Waals surface area contributed by atoms with Crippen LogP contribution in [-0.2, 0) is 6.54 Å². The van der Waals surface area contributed by atoms with Crippen LogP contribution in [0.5, 0.6) is 0 Å². The van der Waals surface area contributed by atoms with Crippen LogP contribution in [0.25, 0.3) is 0 Å². The lowest BCUT2D eigenvalue weighted by Crippen LogP contribution is -2.38. The van der Waals surface area contributed by atoms with Gasteiger partial charge in [0.1, 0.15) is 0 Å². The molecule has 2 heteroatoms. The maximum Gasteiger partial charge on any atom is 0.0384 e. The van der Waals surface area contributed by atoms with Crippen LogP contribution in [0.1, 0.15) is 24.8 Å². The Hall–Kier alpha value is -0.860. The Bertz CT molecular complexity index is 284. The molecular weight excluding hydrogens is 184 g/mol. The minimum Gasteiger partial charge on any atom is -0.245 e. The van der Waals surface area contributed by atoms with Crippen molar-refractivity contribution in [3.63, 3.8) is 0 Å². The first-order valence-corrected chi connectivity index (χ1v) is 5.86. The van der Waals surface area contributed by atoms with Crippen LogP contribution in [0.15, 0.2) is 30.3 Å². The van der Waals surface area contributed by atoms with E-state index in [-0.39, 0.29) is 0 Å². The zero-order valence-electron chi connectivity index (χ0n) is 9.52. The molecule has 2 rings (SSSR count). The molecule has 0 aliphatic carbocycles. The number of rotatable bonds is 2. The summed E-state index contributed by atoms with van der Waals surface area (Å²) in [5, 5.41) is 4.84. The summed E-state index contributed by atoms with van der Waals surface area (Å²) in [5.74, 6) is 0. The standard InChI is InChI=1S/C13H20N2/c1-14-10-6-3-7-11-15(14)12-13-8-4-2-5-9-13/h2,4-5,8-9H,3,6-7,10-12H2,1H3. The highest BCUT2D eigenvalue weighted by Crippen LogP contribution is 2.12. The molecule has 1 saturated heterocycles. The van der Waals surface area contributed by atoms with Gasteiger partial charge in [0, 0.05) is 26.7 Å². The molecule has 1 heterocycles. The molecule has 0 aromatic heterocycles. The molecule has 1 aromatic carbocycles. The van der Waals surface area contributed by atoms with Crippen LogP contribution < -0.4 is 0 Å². The molecule has 1 fully saturated rings. The molecule has 0 saturated carbocycles. The zero-order valence-corrected chi connectivity index (χ0v) is 9.52. The van der Waals surface area contributed by atoms with E-state index in [2.05, 4.69) is 47.4 Å². The smallest absolute Gasteiger partial charge is 0.0384 e. The first-order chi connectivity index (χ1) is 7.36. The predicted molar refractivity (Wildman–Crippen MR) is 63.3 cm³/mol. The van der Waals surface area contributed by atoms with E-state index in [1.54, 1.807) is 0 Å². The number of hydrazine groups is 1. The molecule has 1 aliphatic heterocycles. The lowest BCUT2D eigenvalue weighted by Gasteiger charge is -2.29. The molecule has 2 nitrogen and oxygen atoms in total. The Labute approximate surface area is 92.5 Å². The van der Waals surface area contributed by atoms with Gasteiger partial charge in [-0.05, 0) is 18.4 Å². The van der Waals surface area contributed by atoms with Gasteiger partial charge in [0.2, 0.25) is 0 Å². The summed E-state index contributed by atoms with van der Waals surface area (Å²) in [6, 6.07) is 10.7. The molecule has 0 N–H and O–H groups in total. The summed E-state index contributed by atoms with van der Waals surface area (Å²) in [4.78, 5) is 0. The predicted octanol–water partition coefficient (Wildman–Crippen LogP) is 2.52. The second kappa shape index (κ2) is 5.29. The minimum absolute atomic E-state index is 1.05. The molecule has 0 unspecified atom stereocenters. The Balaban J connectivity index is 1.97. The van der Waals surface area contributed by atoms with Crippen molar-refractivity contribution >= 4 is 0 Å². The first kappa shape index (κ1) is 10.7. The molecule has 0 atom stereocenters. The van der Waals surface area contributed by atoms with Gasteiger partial charge >= 0.3 is 0 Å². The number of hydrogen-bond donors (Lipinski definition) is 0. The topological polar surface area (TPSA) is 6.48 Å². The Kier molecular flexibility index (Phi) is 3.75. The lowest BCUT2D eigenvalue weighted by atomic mass is 10.2. The van der Waals surface area contributed by atoms with Gasteiger partial charge in [-0.2, -0.15) is 0 Å². The van der Waals surface area contributed by atoms with Gasteiger partial charge in [-0.15, -0.1) is 0 Å². The summed E-state index contributed by atoms with van der Waals surface area (Å²) in [6.45, 7) is 3.45. The number of nitrogens with zero attached hydrogens (tertiary/aromatic N) is 2. The third kappa shape index (κ3) is 3.05. The molecule has 0 radical (unpaired) electrons. The quantitative estimate of drug-likeness (QED) is 0.730. The maximum atomic E-state index is 2.46. The molecule has 0 spiro atoms. The highest BCUT2D eigenvalue weighted by atomic mass is 15.6. The summed E-state index contributed by atoms with van der Waals surface area (Å²) in [6.07, 6.45) is 4.04. The van der Waals surface area contributed by atoms with Crippen molar-refractivity contribution in [2.24, 2.45) is 0 Å². The van der Waals surface area contributed by atoms with Crippen molar-refractivity contribution in [1.29, 1.82) is 0 Å². The van der Waals surface area contributed by atoms with Crippen LogP contribution >= 0.6 is 0 Å². The van der Waals surface area contributed by atoms with Crippen molar-refractivity contribution in [3.8, 4) is 0 Å². The van der Waals surface area contributed by atoms with Crippen molar-refractivity contribution in [2.75, 3.05) is 20.1 Å². The fraction of sp³-hybridized carbons (Fsp3) is 0.538. The van der Waals surface area contributed by atoms with E-state index in [1.807, 2.05) is 0 Å². The SMILES string of the molecule is CN1CCCCCN1Cc1ccccc1. The Morgan fingerprint density at radius 3 is 2.53 bits per heavy atom. The highest BCUT2D eigenvalue weighted by molar-refractivity contribution is 5.14. The molecule has 0 amide bonds. The molecule has 1 aromatic rings. The highest BCUT2D eigenvalue weighted by Gasteiger charge is 2.14. The van der Waals surface area contributed by atoms with Gasteiger partial charge in [0.15, 0.2) is 0 Å². The molecule has 82 valence electrons. The van der Waals surface area contributed by atoms with E-state index < -0.39 is 0 Å². The van der Waals surface area contributed by atoms with E-state index in [0.29, 0.717) is 0 Å². The van der Waals surface area contributed by atoms with Crippen molar-refractivity contribution in [2.45, 2.75) is 25.8 Å². The fourth-order valence-corrected chi connectivity index (χ4v) is 2.12. The molecular formula is C13H20N2. The monoisotopic (exact) mass is 204 g/mol. The van der Waals surface area contributed by atoms with Gasteiger partial charge < -0.3 is 0 Å². The normalized spacial score (nSPS) is 20.1. The maximum absolute atomic E-state index is 2.46. The summed E-state index contributed by atoms with van der Waals surface area (Å²) >= 11 is 0. The average molecular weight is 204 g/mol. The van der Waals surface area contributed by atoms with E-state index in [1.165, 1.54) is 37.9 Å². The van der Waals surface area contributed by atoms with E-state index >= 15 is 0 Å². The summed E-state index contributed by atoms with van der Waals surface area (Å²) < 4.78 is 0. The van der Waals surface area contributed by atoms with E-state index in [9.17, 15) is 0 Å². The van der Waals surface area contributed by atoms with Crippen molar-refractivity contribution in [3.05, 3.63) is 35.9 Å². The first-order valence-electron chi connectivity index (χ1n) is 5.86. The van der Waals surface area contributed by atoms with Crippen LogP contribution in [-0.4, -0.2) is 30.2 Å². The van der Waals surface area contributed by atoms with Gasteiger partial charge in [-0.1, -0.05) is 36.8 Å². The fourth-order valence-electron chi connectivity index (χ4n) is 2.12. The summed E-state index contributed by atoms with van der Waals surface area (Å²) in [7, 11) is 2.20. The van der Waals surface area contributed by atoms with Crippen LogP contribution in [0.2, 0.25) is 0 Å². The zero-order chi connectivity index (χ0) is 10.5. The van der Waals surface area contributed by atoms with Gasteiger partial charge in [0.05, 0.1) is 0 Å². The molecule has 1 aliphatic rings. The molecule has 15 heavy (non-hydrogen) atoms. The third-order valence-electron chi connectivity index (χ3n) is 3.09. The lowest BCUT2D eigenvalue weighted by molar-refractivity contribution is 0.00117. The largest absolute Gasteiger partial charge is 0.245 e. The van der Waals surface area contributed by atoms with E-state index in [0.717, 1.165) is 6.54 Å². The van der Waals surface area contributed by atoms with Crippen LogP contribution in [0, 0.1) is 0 Å². The van der Waals surface area contributed by atoms with Gasteiger partial charge in [-0.3, -0.25) is 0 Å². The molecule has 0 bridgehead atoms. The second-order valence-corrected chi connectivity index (χ2v) is 4.32. The Morgan fingerprint density at radius 1 is 1.00 bits per heavy atom. The number of hydrogen-bond acceptors (Lipinski definition) is 2. The van der Waals surface area contributed by atoms with Crippen LogP contribution in [0.3, 0.4) is 0 Å². The van der Waals surface area contributed by atoms with Crippen molar-refractivity contribution in [1.82, 2.24) is 10.0 Å². The van der Waals surface area contributed by atoms with Gasteiger partial charge in [-0.25, -0.2) is 10.0 Å². The summed E-state index contributed by atoms with van der Waals surface area (Å²) in [5.41, 5.74) is 1.41.